The van der Waals surface area contributed by atoms with Crippen LogP contribution in [0.15, 0.2) is 39.3 Å². The van der Waals surface area contributed by atoms with E-state index in [9.17, 15) is 9.59 Å². The first-order valence-electron chi connectivity index (χ1n) is 9.00. The molecular weight excluding hydrogens is 396 g/mol. The first-order valence-corrected chi connectivity index (χ1v) is 10.8. The molecule has 2 N–H and O–H groups in total. The fourth-order valence-corrected chi connectivity index (χ4v) is 5.49. The van der Waals surface area contributed by atoms with Gasteiger partial charge >= 0.3 is 0 Å². The predicted octanol–water partition coefficient (Wildman–Crippen LogP) is 3.09. The van der Waals surface area contributed by atoms with E-state index >= 15 is 0 Å². The maximum absolute atomic E-state index is 12.6. The van der Waals surface area contributed by atoms with Gasteiger partial charge in [0.05, 0.1) is 16.7 Å². The number of aromatic nitrogens is 2. The van der Waals surface area contributed by atoms with Crippen molar-refractivity contribution in [1.82, 2.24) is 15.4 Å². The van der Waals surface area contributed by atoms with Crippen molar-refractivity contribution in [3.63, 3.8) is 0 Å². The molecule has 0 saturated heterocycles. The van der Waals surface area contributed by atoms with E-state index in [1.807, 2.05) is 0 Å². The molecule has 5 rings (SSSR count). The zero-order chi connectivity index (χ0) is 19.1. The van der Waals surface area contributed by atoms with Gasteiger partial charge < -0.3 is 9.72 Å². The lowest BCUT2D eigenvalue weighted by molar-refractivity contribution is 0.0955. The van der Waals surface area contributed by atoms with Gasteiger partial charge in [0.25, 0.3) is 11.5 Å². The third-order valence-electron chi connectivity index (χ3n) is 4.78. The van der Waals surface area contributed by atoms with E-state index < -0.39 is 0 Å². The molecule has 2 aromatic heterocycles. The third-order valence-corrected chi connectivity index (χ3v) is 6.82. The van der Waals surface area contributed by atoms with Crippen molar-refractivity contribution in [2.45, 2.75) is 30.8 Å². The van der Waals surface area contributed by atoms with Crippen LogP contribution in [0.3, 0.4) is 0 Å². The Morgan fingerprint density at radius 2 is 2.04 bits per heavy atom. The molecule has 28 heavy (non-hydrogen) atoms. The summed E-state index contributed by atoms with van der Waals surface area (Å²) in [7, 11) is 0. The van der Waals surface area contributed by atoms with Gasteiger partial charge in [-0.2, -0.15) is 0 Å². The number of carbonyl (C=O) groups excluding carboxylic acids is 1. The lowest BCUT2D eigenvalue weighted by Gasteiger charge is -2.09. The summed E-state index contributed by atoms with van der Waals surface area (Å²) in [6, 6.07) is 6.98. The maximum Gasteiger partial charge on any atom is 0.275 e. The van der Waals surface area contributed by atoms with Gasteiger partial charge in [-0.3, -0.25) is 9.59 Å². The summed E-state index contributed by atoms with van der Waals surface area (Å²) in [4.78, 5) is 34.3. The standard InChI is InChI=1S/C19H16N4O3S2/c24-16-10-5-1-3-7-12(10)26-14(22-23-16)9-27-19-20-17(25)15-11-6-2-4-8-13(11)28-18(15)21-19/h1,3,5,7H,2,4,6,8-9H2,(H,23,24)(H,20,21,25). The number of nitrogens with zero attached hydrogens (tertiary/aromatic N) is 2. The number of ether oxygens (including phenoxy) is 1. The van der Waals surface area contributed by atoms with Crippen molar-refractivity contribution in [2.24, 2.45) is 5.10 Å². The highest BCUT2D eigenvalue weighted by atomic mass is 32.2. The average molecular weight is 412 g/mol. The normalized spacial score (nSPS) is 15.9. The van der Waals surface area contributed by atoms with Gasteiger partial charge in [-0.25, -0.2) is 10.4 Å². The number of H-pyrrole nitrogens is 1. The summed E-state index contributed by atoms with van der Waals surface area (Å²) in [5.74, 6) is 0.817. The molecule has 142 valence electrons. The van der Waals surface area contributed by atoms with Crippen molar-refractivity contribution in [2.75, 3.05) is 5.75 Å². The number of carbonyl (C=O) groups is 1. The molecule has 0 radical (unpaired) electrons. The lowest BCUT2D eigenvalue weighted by Crippen LogP contribution is -2.18. The largest absolute Gasteiger partial charge is 0.440 e. The second kappa shape index (κ2) is 7.06. The number of fused-ring (bicyclic) bond motifs is 4. The molecule has 0 fully saturated rings. The molecule has 7 nitrogen and oxygen atoms in total. The van der Waals surface area contributed by atoms with Gasteiger partial charge in [-0.05, 0) is 43.4 Å². The van der Waals surface area contributed by atoms with E-state index in [0.29, 0.717) is 28.1 Å². The summed E-state index contributed by atoms with van der Waals surface area (Å²) < 4.78 is 5.76. The fraction of sp³-hybridized carbons (Fsp3) is 0.263. The Hall–Kier alpha value is -2.65. The second-order valence-electron chi connectivity index (χ2n) is 6.60. The smallest absolute Gasteiger partial charge is 0.275 e. The Kier molecular flexibility index (Phi) is 4.40. The molecule has 1 aliphatic heterocycles. The van der Waals surface area contributed by atoms with Gasteiger partial charge in [-0.1, -0.05) is 23.9 Å². The topological polar surface area (TPSA) is 96.4 Å². The van der Waals surface area contributed by atoms with Gasteiger partial charge in [0, 0.05) is 4.88 Å². The summed E-state index contributed by atoms with van der Waals surface area (Å²) in [6.07, 6.45) is 4.28. The minimum absolute atomic E-state index is 0.0886. The highest BCUT2D eigenvalue weighted by molar-refractivity contribution is 7.99. The van der Waals surface area contributed by atoms with E-state index in [4.69, 9.17) is 4.74 Å². The van der Waals surface area contributed by atoms with E-state index in [0.717, 1.165) is 29.5 Å². The number of benzene rings is 1. The van der Waals surface area contributed by atoms with E-state index in [-0.39, 0.29) is 11.5 Å². The highest BCUT2D eigenvalue weighted by Crippen LogP contribution is 2.34. The Morgan fingerprint density at radius 1 is 1.18 bits per heavy atom. The molecule has 0 bridgehead atoms. The highest BCUT2D eigenvalue weighted by Gasteiger charge is 2.21. The van der Waals surface area contributed by atoms with Gasteiger partial charge in [-0.15, -0.1) is 16.4 Å². The van der Waals surface area contributed by atoms with Gasteiger partial charge in [0.1, 0.15) is 10.6 Å². The Morgan fingerprint density at radius 3 is 2.96 bits per heavy atom. The molecule has 0 spiro atoms. The summed E-state index contributed by atoms with van der Waals surface area (Å²) in [6.45, 7) is 0. The summed E-state index contributed by atoms with van der Waals surface area (Å²) in [5.41, 5.74) is 4.00. The van der Waals surface area contributed by atoms with E-state index in [1.54, 1.807) is 35.6 Å². The number of nitrogens with one attached hydrogen (secondary N) is 2. The van der Waals surface area contributed by atoms with Crippen LogP contribution in [0.25, 0.3) is 10.2 Å². The minimum atomic E-state index is -0.312. The van der Waals surface area contributed by atoms with Crippen LogP contribution in [0.5, 0.6) is 5.75 Å². The monoisotopic (exact) mass is 412 g/mol. The van der Waals surface area contributed by atoms with Crippen LogP contribution < -0.4 is 15.7 Å². The van der Waals surface area contributed by atoms with Crippen molar-refractivity contribution < 1.29 is 9.53 Å². The van der Waals surface area contributed by atoms with E-state index in [1.165, 1.54) is 28.6 Å². The molecule has 1 aliphatic carbocycles. The first kappa shape index (κ1) is 17.4. The number of aryl methyl sites for hydroxylation is 2. The van der Waals surface area contributed by atoms with Crippen molar-refractivity contribution in [3.05, 3.63) is 50.6 Å². The van der Waals surface area contributed by atoms with E-state index in [2.05, 4.69) is 20.5 Å². The van der Waals surface area contributed by atoms with Crippen molar-refractivity contribution >= 4 is 45.1 Å². The minimum Gasteiger partial charge on any atom is -0.440 e. The average Bonchev–Trinajstić information content (AvgIpc) is 3.00. The number of para-hydroxylation sites is 1. The number of rotatable bonds is 3. The Bertz CT molecular complexity index is 1180. The number of hydrazone groups is 1. The number of hydrogen-bond donors (Lipinski definition) is 2. The molecule has 3 heterocycles. The van der Waals surface area contributed by atoms with Crippen LogP contribution >= 0.6 is 23.1 Å². The van der Waals surface area contributed by atoms with Crippen LogP contribution in [-0.4, -0.2) is 27.5 Å². The molecule has 9 heteroatoms. The predicted molar refractivity (Wildman–Crippen MR) is 110 cm³/mol. The number of hydrogen-bond acceptors (Lipinski definition) is 7. The summed E-state index contributed by atoms with van der Waals surface area (Å²) in [5, 5.41) is 5.29. The third kappa shape index (κ3) is 3.10. The lowest BCUT2D eigenvalue weighted by atomic mass is 9.97. The molecular formula is C19H16N4O3S2. The van der Waals surface area contributed by atoms with Crippen LogP contribution in [0.1, 0.15) is 33.6 Å². The van der Waals surface area contributed by atoms with Crippen molar-refractivity contribution in [3.8, 4) is 5.75 Å². The summed E-state index contributed by atoms with van der Waals surface area (Å²) >= 11 is 2.94. The van der Waals surface area contributed by atoms with Crippen molar-refractivity contribution in [1.29, 1.82) is 0 Å². The fourth-order valence-electron chi connectivity index (χ4n) is 3.47. The second-order valence-corrected chi connectivity index (χ2v) is 8.64. The maximum atomic E-state index is 12.6. The molecule has 1 aromatic carbocycles. The Balaban J connectivity index is 1.39. The Labute approximate surface area is 168 Å². The number of aromatic amines is 1. The van der Waals surface area contributed by atoms with Crippen LogP contribution in [-0.2, 0) is 12.8 Å². The number of thioether (sulfide) groups is 1. The van der Waals surface area contributed by atoms with Gasteiger partial charge in [0.15, 0.2) is 5.16 Å². The molecule has 3 aromatic rings. The molecule has 0 saturated carbocycles. The van der Waals surface area contributed by atoms with Crippen LogP contribution in [0.4, 0.5) is 0 Å². The first-order chi connectivity index (χ1) is 13.7. The van der Waals surface area contributed by atoms with Crippen LogP contribution in [0.2, 0.25) is 0 Å². The SMILES string of the molecule is O=C1NN=C(CSc2nc3sc4c(c3c(=O)[nH]2)CCCC4)Oc2ccccc21. The number of thiophene rings is 1. The molecule has 2 aliphatic rings. The quantitative estimate of drug-likeness (QED) is 0.509. The molecule has 0 atom stereocenters. The molecule has 1 amide bonds. The molecule has 0 unspecified atom stereocenters. The zero-order valence-corrected chi connectivity index (χ0v) is 16.4. The number of amides is 1. The van der Waals surface area contributed by atoms with Gasteiger partial charge in [0.2, 0.25) is 5.90 Å². The zero-order valence-electron chi connectivity index (χ0n) is 14.8. The van der Waals surface area contributed by atoms with Crippen LogP contribution in [0, 0.1) is 0 Å².